The average Bonchev–Trinajstić information content (AvgIpc) is 3.21. The van der Waals surface area contributed by atoms with E-state index in [1.54, 1.807) is 0 Å². The van der Waals surface area contributed by atoms with Gasteiger partial charge < -0.3 is 9.40 Å². The van der Waals surface area contributed by atoms with Crippen molar-refractivity contribution < 1.29 is 8.81 Å². The van der Waals surface area contributed by atoms with E-state index in [-0.39, 0.29) is 16.4 Å². The summed E-state index contributed by atoms with van der Waals surface area (Å²) in [6, 6.07) is 23.4. The Balaban J connectivity index is 1.75. The fourth-order valence-corrected chi connectivity index (χ4v) is 3.39. The molecule has 0 fully saturated rings. The zero-order valence-corrected chi connectivity index (χ0v) is 15.2. The molecular formula is C24H15FN2O2. The molecule has 0 radical (unpaired) electrons. The first-order valence-electron chi connectivity index (χ1n) is 9.13. The Labute approximate surface area is 165 Å². The third-order valence-corrected chi connectivity index (χ3v) is 4.80. The maximum Gasteiger partial charge on any atom is 0.203 e. The molecule has 29 heavy (non-hydrogen) atoms. The maximum atomic E-state index is 13.7. The lowest BCUT2D eigenvalue weighted by Gasteiger charge is -2.02. The Morgan fingerprint density at radius 2 is 1.55 bits per heavy atom. The number of hydrogen-bond donors (Lipinski definition) is 1. The van der Waals surface area contributed by atoms with Gasteiger partial charge in [-0.1, -0.05) is 60.7 Å². The minimum Gasteiger partial charge on any atom is -0.463 e. The summed E-state index contributed by atoms with van der Waals surface area (Å²) >= 11 is 0. The van der Waals surface area contributed by atoms with E-state index in [1.165, 1.54) is 24.5 Å². The van der Waals surface area contributed by atoms with Crippen LogP contribution in [-0.4, -0.2) is 9.97 Å². The highest BCUT2D eigenvalue weighted by atomic mass is 19.1. The molecule has 0 saturated carbocycles. The fraction of sp³-hybridized carbons (Fsp3) is 0. The van der Waals surface area contributed by atoms with E-state index in [0.717, 1.165) is 22.5 Å². The Morgan fingerprint density at radius 1 is 0.862 bits per heavy atom. The van der Waals surface area contributed by atoms with E-state index in [1.807, 2.05) is 60.7 Å². The number of benzene rings is 3. The largest absolute Gasteiger partial charge is 0.463 e. The van der Waals surface area contributed by atoms with Gasteiger partial charge in [0.15, 0.2) is 0 Å². The van der Waals surface area contributed by atoms with Crippen molar-refractivity contribution in [2.75, 3.05) is 0 Å². The van der Waals surface area contributed by atoms with Crippen LogP contribution >= 0.6 is 0 Å². The predicted octanol–water partition coefficient (Wildman–Crippen LogP) is 5.66. The molecule has 0 unspecified atom stereocenters. The Bertz CT molecular complexity index is 1320. The molecular weight excluding hydrogens is 367 g/mol. The lowest BCUT2D eigenvalue weighted by atomic mass is 10.1. The van der Waals surface area contributed by atoms with Crippen molar-refractivity contribution in [1.29, 1.82) is 0 Å². The van der Waals surface area contributed by atoms with Gasteiger partial charge in [0.05, 0.1) is 16.8 Å². The van der Waals surface area contributed by atoms with E-state index in [9.17, 15) is 9.18 Å². The van der Waals surface area contributed by atoms with Gasteiger partial charge in [-0.2, -0.15) is 0 Å². The number of nitrogens with one attached hydrogen (secondary N) is 1. The maximum absolute atomic E-state index is 13.7. The SMILES string of the molecule is O=c1c(-c2nc(-c3ccccc3)c(-c3ccccc3)[nH]2)coc2ccc(F)cc12. The first-order chi connectivity index (χ1) is 14.2. The smallest absolute Gasteiger partial charge is 0.203 e. The number of hydrogen-bond acceptors (Lipinski definition) is 3. The van der Waals surface area contributed by atoms with E-state index in [4.69, 9.17) is 9.40 Å². The summed E-state index contributed by atoms with van der Waals surface area (Å²) in [6.45, 7) is 0. The second-order valence-corrected chi connectivity index (χ2v) is 6.66. The number of nitrogens with zero attached hydrogens (tertiary/aromatic N) is 1. The van der Waals surface area contributed by atoms with Gasteiger partial charge in [-0.3, -0.25) is 4.79 Å². The van der Waals surface area contributed by atoms with Crippen LogP contribution in [0.2, 0.25) is 0 Å². The summed E-state index contributed by atoms with van der Waals surface area (Å²) in [4.78, 5) is 21.0. The van der Waals surface area contributed by atoms with Gasteiger partial charge in [-0.05, 0) is 18.2 Å². The van der Waals surface area contributed by atoms with E-state index < -0.39 is 5.82 Å². The van der Waals surface area contributed by atoms with Crippen LogP contribution in [0.5, 0.6) is 0 Å². The van der Waals surface area contributed by atoms with Crippen molar-refractivity contribution in [3.05, 3.63) is 101 Å². The first-order valence-corrected chi connectivity index (χ1v) is 9.13. The standard InChI is InChI=1S/C24H15FN2O2/c25-17-11-12-20-18(13-17)23(28)19(14-29-20)24-26-21(15-7-3-1-4-8-15)22(27-24)16-9-5-2-6-10-16/h1-14H,(H,26,27). The molecule has 5 heteroatoms. The molecule has 5 aromatic rings. The number of fused-ring (bicyclic) bond motifs is 1. The average molecular weight is 382 g/mol. The molecule has 140 valence electrons. The quantitative estimate of drug-likeness (QED) is 0.438. The zero-order valence-electron chi connectivity index (χ0n) is 15.2. The molecule has 0 aliphatic carbocycles. The number of imidazole rings is 1. The van der Waals surface area contributed by atoms with Crippen molar-refractivity contribution in [3.63, 3.8) is 0 Å². The molecule has 3 aromatic carbocycles. The lowest BCUT2D eigenvalue weighted by Crippen LogP contribution is -2.06. The topological polar surface area (TPSA) is 58.9 Å². The van der Waals surface area contributed by atoms with Crippen LogP contribution in [0.25, 0.3) is 44.9 Å². The van der Waals surface area contributed by atoms with Gasteiger partial charge in [0, 0.05) is 11.1 Å². The van der Waals surface area contributed by atoms with E-state index in [2.05, 4.69) is 4.98 Å². The van der Waals surface area contributed by atoms with Crippen molar-refractivity contribution in [1.82, 2.24) is 9.97 Å². The molecule has 4 nitrogen and oxygen atoms in total. The molecule has 1 N–H and O–H groups in total. The number of H-pyrrole nitrogens is 1. The number of rotatable bonds is 3. The van der Waals surface area contributed by atoms with Gasteiger partial charge in [0.2, 0.25) is 5.43 Å². The van der Waals surface area contributed by atoms with Crippen LogP contribution in [0.15, 0.2) is 94.3 Å². The van der Waals surface area contributed by atoms with Gasteiger partial charge in [0.25, 0.3) is 0 Å². The highest BCUT2D eigenvalue weighted by Gasteiger charge is 2.18. The molecule has 0 aliphatic heterocycles. The monoisotopic (exact) mass is 382 g/mol. The summed E-state index contributed by atoms with van der Waals surface area (Å²) in [7, 11) is 0. The molecule has 0 spiro atoms. The van der Waals surface area contributed by atoms with Gasteiger partial charge in [-0.15, -0.1) is 0 Å². The summed E-state index contributed by atoms with van der Waals surface area (Å²) in [5.41, 5.74) is 3.64. The van der Waals surface area contributed by atoms with Crippen LogP contribution in [0.1, 0.15) is 0 Å². The van der Waals surface area contributed by atoms with Crippen molar-refractivity contribution >= 4 is 11.0 Å². The molecule has 2 heterocycles. The number of aromatic amines is 1. The Morgan fingerprint density at radius 3 is 2.28 bits per heavy atom. The van der Waals surface area contributed by atoms with Crippen molar-refractivity contribution in [3.8, 4) is 33.9 Å². The van der Waals surface area contributed by atoms with E-state index >= 15 is 0 Å². The highest BCUT2D eigenvalue weighted by Crippen LogP contribution is 2.32. The van der Waals surface area contributed by atoms with Crippen LogP contribution < -0.4 is 5.43 Å². The zero-order chi connectivity index (χ0) is 19.8. The second kappa shape index (κ2) is 6.87. The van der Waals surface area contributed by atoms with Crippen molar-refractivity contribution in [2.24, 2.45) is 0 Å². The molecule has 0 aliphatic rings. The highest BCUT2D eigenvalue weighted by molar-refractivity contribution is 5.84. The summed E-state index contributed by atoms with van der Waals surface area (Å²) in [5.74, 6) is -0.112. The summed E-state index contributed by atoms with van der Waals surface area (Å²) in [6.07, 6.45) is 1.37. The van der Waals surface area contributed by atoms with Gasteiger partial charge in [-0.25, -0.2) is 9.37 Å². The second-order valence-electron chi connectivity index (χ2n) is 6.66. The third-order valence-electron chi connectivity index (χ3n) is 4.80. The first kappa shape index (κ1) is 17.1. The normalized spacial score (nSPS) is 11.1. The Hall–Kier alpha value is -3.99. The molecule has 0 bridgehead atoms. The third kappa shape index (κ3) is 3.02. The van der Waals surface area contributed by atoms with Gasteiger partial charge in [0.1, 0.15) is 29.1 Å². The minimum atomic E-state index is -0.489. The number of aromatic nitrogens is 2. The molecule has 5 rings (SSSR count). The molecule has 0 saturated heterocycles. The molecule has 0 amide bonds. The van der Waals surface area contributed by atoms with E-state index in [0.29, 0.717) is 11.4 Å². The summed E-state index contributed by atoms with van der Waals surface area (Å²) < 4.78 is 19.2. The van der Waals surface area contributed by atoms with Crippen LogP contribution in [0.3, 0.4) is 0 Å². The molecule has 0 atom stereocenters. The fourth-order valence-electron chi connectivity index (χ4n) is 3.39. The lowest BCUT2D eigenvalue weighted by molar-refractivity contribution is 0.597. The van der Waals surface area contributed by atoms with Gasteiger partial charge >= 0.3 is 0 Å². The summed E-state index contributed by atoms with van der Waals surface area (Å²) in [5, 5.41) is 0.182. The van der Waals surface area contributed by atoms with Crippen LogP contribution in [-0.2, 0) is 0 Å². The Kier molecular flexibility index (Phi) is 4.06. The predicted molar refractivity (Wildman–Crippen MR) is 111 cm³/mol. The minimum absolute atomic E-state index is 0.182. The van der Waals surface area contributed by atoms with Crippen LogP contribution in [0.4, 0.5) is 4.39 Å². The van der Waals surface area contributed by atoms with Crippen molar-refractivity contribution in [2.45, 2.75) is 0 Å². The number of halogens is 1. The van der Waals surface area contributed by atoms with Crippen LogP contribution in [0, 0.1) is 5.82 Å². The molecule has 2 aromatic heterocycles.